The van der Waals surface area contributed by atoms with E-state index in [9.17, 15) is 4.79 Å². The summed E-state index contributed by atoms with van der Waals surface area (Å²) < 4.78 is 7.16. The van der Waals surface area contributed by atoms with Gasteiger partial charge in [-0.15, -0.1) is 0 Å². The molecule has 1 aromatic carbocycles. The van der Waals surface area contributed by atoms with Gasteiger partial charge >= 0.3 is 0 Å². The maximum atomic E-state index is 12.7. The van der Waals surface area contributed by atoms with E-state index in [0.717, 1.165) is 24.3 Å². The minimum Gasteiger partial charge on any atom is -0.379 e. The highest BCUT2D eigenvalue weighted by Gasteiger charge is 2.27. The molecule has 1 aromatic heterocycles. The largest absolute Gasteiger partial charge is 0.379 e. The van der Waals surface area contributed by atoms with E-state index in [2.05, 4.69) is 5.10 Å². The molecule has 1 amide bonds. The number of benzene rings is 1. The number of carbonyl (C=O) groups is 1. The van der Waals surface area contributed by atoms with Gasteiger partial charge in [-0.2, -0.15) is 5.10 Å². The predicted molar refractivity (Wildman–Crippen MR) is 83.2 cm³/mol. The van der Waals surface area contributed by atoms with Crippen LogP contribution >= 0.6 is 0 Å². The predicted octanol–water partition coefficient (Wildman–Crippen LogP) is 2.01. The fraction of sp³-hybridized carbons (Fsp3) is 0.412. The molecule has 116 valence electrons. The fourth-order valence-electron chi connectivity index (χ4n) is 2.75. The highest BCUT2D eigenvalue weighted by Crippen LogP contribution is 2.17. The normalized spacial score (nSPS) is 17.6. The number of aromatic nitrogens is 2. The van der Waals surface area contributed by atoms with E-state index in [1.807, 2.05) is 54.4 Å². The lowest BCUT2D eigenvalue weighted by Gasteiger charge is -2.28. The van der Waals surface area contributed by atoms with Gasteiger partial charge in [0.2, 0.25) is 5.91 Å². The van der Waals surface area contributed by atoms with Crippen LogP contribution in [0, 0.1) is 6.92 Å². The maximum absolute atomic E-state index is 12.7. The summed E-state index contributed by atoms with van der Waals surface area (Å²) in [6.07, 6.45) is 2.75. The van der Waals surface area contributed by atoms with Crippen molar-refractivity contribution < 1.29 is 9.53 Å². The summed E-state index contributed by atoms with van der Waals surface area (Å²) in [6, 6.07) is 12.2. The number of amides is 1. The molecule has 2 aromatic rings. The van der Waals surface area contributed by atoms with Crippen LogP contribution in [-0.2, 0) is 22.6 Å². The van der Waals surface area contributed by atoms with Gasteiger partial charge in [-0.05, 0) is 25.0 Å². The first-order chi connectivity index (χ1) is 10.7. The van der Waals surface area contributed by atoms with Gasteiger partial charge in [0.15, 0.2) is 0 Å². The van der Waals surface area contributed by atoms with E-state index < -0.39 is 0 Å². The van der Waals surface area contributed by atoms with Crippen molar-refractivity contribution in [3.63, 3.8) is 0 Å². The average Bonchev–Trinajstić information content (AvgIpc) is 3.18. The molecule has 0 saturated carbocycles. The summed E-state index contributed by atoms with van der Waals surface area (Å²) in [5.41, 5.74) is 2.06. The zero-order valence-electron chi connectivity index (χ0n) is 12.8. The second-order valence-electron chi connectivity index (χ2n) is 5.68. The number of aryl methyl sites for hydroxylation is 1. The molecule has 5 heteroatoms. The van der Waals surface area contributed by atoms with E-state index in [1.165, 1.54) is 0 Å². The van der Waals surface area contributed by atoms with Crippen molar-refractivity contribution in [3.05, 3.63) is 53.9 Å². The smallest absolute Gasteiger partial charge is 0.244 e. The molecule has 1 atom stereocenters. The summed E-state index contributed by atoms with van der Waals surface area (Å²) in [4.78, 5) is 14.7. The van der Waals surface area contributed by atoms with Crippen LogP contribution in [0.4, 0.5) is 0 Å². The van der Waals surface area contributed by atoms with Crippen molar-refractivity contribution >= 4 is 5.91 Å². The van der Waals surface area contributed by atoms with Crippen LogP contribution in [0.25, 0.3) is 0 Å². The van der Waals surface area contributed by atoms with Gasteiger partial charge in [0.05, 0.1) is 18.3 Å². The van der Waals surface area contributed by atoms with Crippen LogP contribution in [0.5, 0.6) is 0 Å². The van der Waals surface area contributed by atoms with E-state index in [0.29, 0.717) is 13.2 Å². The van der Waals surface area contributed by atoms with Crippen molar-refractivity contribution in [2.45, 2.75) is 32.5 Å². The lowest BCUT2D eigenvalue weighted by atomic mass is 10.1. The van der Waals surface area contributed by atoms with Crippen molar-refractivity contribution in [1.29, 1.82) is 0 Å². The first-order valence-corrected chi connectivity index (χ1v) is 7.63. The SMILES string of the molecule is Cc1ccn(CC(=O)N(Cc2ccccc2)C2CCOC2)n1. The zero-order chi connectivity index (χ0) is 15.4. The van der Waals surface area contributed by atoms with Crippen LogP contribution in [0.1, 0.15) is 17.7 Å². The van der Waals surface area contributed by atoms with Crippen LogP contribution in [0.3, 0.4) is 0 Å². The maximum Gasteiger partial charge on any atom is 0.244 e. The Morgan fingerprint density at radius 3 is 2.82 bits per heavy atom. The van der Waals surface area contributed by atoms with Crippen molar-refractivity contribution in [2.75, 3.05) is 13.2 Å². The first kappa shape index (κ1) is 14.8. The van der Waals surface area contributed by atoms with Crippen molar-refractivity contribution in [1.82, 2.24) is 14.7 Å². The molecule has 5 nitrogen and oxygen atoms in total. The van der Waals surface area contributed by atoms with Gasteiger partial charge in [0.25, 0.3) is 0 Å². The number of hydrogen-bond donors (Lipinski definition) is 0. The quantitative estimate of drug-likeness (QED) is 0.848. The summed E-state index contributed by atoms with van der Waals surface area (Å²) >= 11 is 0. The third-order valence-corrected chi connectivity index (χ3v) is 3.93. The molecule has 22 heavy (non-hydrogen) atoms. The standard InChI is InChI=1S/C17H21N3O2/c1-14-7-9-19(18-14)12-17(21)20(16-8-10-22-13-16)11-15-5-3-2-4-6-15/h2-7,9,16H,8,10-13H2,1H3. The lowest BCUT2D eigenvalue weighted by Crippen LogP contribution is -2.42. The Labute approximate surface area is 130 Å². The number of hydrogen-bond acceptors (Lipinski definition) is 3. The number of rotatable bonds is 5. The molecule has 1 fully saturated rings. The Kier molecular flexibility index (Phi) is 4.53. The number of ether oxygens (including phenoxy) is 1. The fourth-order valence-corrected chi connectivity index (χ4v) is 2.75. The molecule has 0 spiro atoms. The molecule has 0 radical (unpaired) electrons. The van der Waals surface area contributed by atoms with Gasteiger partial charge in [0.1, 0.15) is 6.54 Å². The molecule has 0 bridgehead atoms. The summed E-state index contributed by atoms with van der Waals surface area (Å²) in [7, 11) is 0. The Hall–Kier alpha value is -2.14. The molecule has 1 aliphatic heterocycles. The second kappa shape index (κ2) is 6.75. The van der Waals surface area contributed by atoms with E-state index in [-0.39, 0.29) is 18.5 Å². The highest BCUT2D eigenvalue weighted by molar-refractivity contribution is 5.76. The minimum atomic E-state index is 0.0856. The highest BCUT2D eigenvalue weighted by atomic mass is 16.5. The summed E-state index contributed by atoms with van der Waals surface area (Å²) in [5.74, 6) is 0.0856. The monoisotopic (exact) mass is 299 g/mol. The van der Waals surface area contributed by atoms with Crippen LogP contribution in [0.15, 0.2) is 42.6 Å². The topological polar surface area (TPSA) is 47.4 Å². The lowest BCUT2D eigenvalue weighted by molar-refractivity contribution is -0.135. The van der Waals surface area contributed by atoms with E-state index >= 15 is 0 Å². The molecule has 0 N–H and O–H groups in total. The summed E-state index contributed by atoms with van der Waals surface area (Å²) in [5, 5.41) is 4.30. The van der Waals surface area contributed by atoms with E-state index in [1.54, 1.807) is 4.68 Å². The second-order valence-corrected chi connectivity index (χ2v) is 5.68. The Morgan fingerprint density at radius 2 is 2.18 bits per heavy atom. The van der Waals surface area contributed by atoms with Gasteiger partial charge < -0.3 is 9.64 Å². The molecule has 3 rings (SSSR count). The molecule has 0 aliphatic carbocycles. The molecular formula is C17H21N3O2. The van der Waals surface area contributed by atoms with Gasteiger partial charge in [0, 0.05) is 19.3 Å². The molecule has 1 unspecified atom stereocenters. The average molecular weight is 299 g/mol. The van der Waals surface area contributed by atoms with Crippen molar-refractivity contribution in [3.8, 4) is 0 Å². The Morgan fingerprint density at radius 1 is 1.36 bits per heavy atom. The van der Waals surface area contributed by atoms with Crippen LogP contribution < -0.4 is 0 Å². The minimum absolute atomic E-state index is 0.0856. The summed E-state index contributed by atoms with van der Waals surface area (Å²) in [6.45, 7) is 4.17. The molecule has 2 heterocycles. The van der Waals surface area contributed by atoms with Gasteiger partial charge in [-0.25, -0.2) is 0 Å². The Balaban J connectivity index is 1.73. The molecular weight excluding hydrogens is 278 g/mol. The van der Waals surface area contributed by atoms with Crippen LogP contribution in [-0.4, -0.2) is 39.8 Å². The van der Waals surface area contributed by atoms with E-state index in [4.69, 9.17) is 4.74 Å². The Bertz CT molecular complexity index is 618. The van der Waals surface area contributed by atoms with Gasteiger partial charge in [-0.3, -0.25) is 9.48 Å². The van der Waals surface area contributed by atoms with Gasteiger partial charge in [-0.1, -0.05) is 30.3 Å². The number of nitrogens with zero attached hydrogens (tertiary/aromatic N) is 3. The van der Waals surface area contributed by atoms with Crippen molar-refractivity contribution in [2.24, 2.45) is 0 Å². The molecule has 1 saturated heterocycles. The van der Waals surface area contributed by atoms with Crippen LogP contribution in [0.2, 0.25) is 0 Å². The third-order valence-electron chi connectivity index (χ3n) is 3.93. The third kappa shape index (κ3) is 3.54. The molecule has 1 aliphatic rings. The number of carbonyl (C=O) groups excluding carboxylic acids is 1. The first-order valence-electron chi connectivity index (χ1n) is 7.63. The zero-order valence-corrected chi connectivity index (χ0v) is 12.8.